The van der Waals surface area contributed by atoms with E-state index in [0.717, 1.165) is 0 Å². The maximum absolute atomic E-state index is 10.5. The van der Waals surface area contributed by atoms with Crippen LogP contribution in [0.5, 0.6) is 0 Å². The van der Waals surface area contributed by atoms with Gasteiger partial charge in [0.15, 0.2) is 0 Å². The fraction of sp³-hybridized carbons (Fsp3) is 0.500. The molecule has 0 rings (SSSR count). The van der Waals surface area contributed by atoms with Crippen molar-refractivity contribution in [1.29, 1.82) is 0 Å². The van der Waals surface area contributed by atoms with Crippen LogP contribution < -0.4 is 34.7 Å². The summed E-state index contributed by atoms with van der Waals surface area (Å²) >= 11 is 0. The topological polar surface area (TPSA) is 71.6 Å². The van der Waals surface area contributed by atoms with Crippen molar-refractivity contribution in [2.24, 2.45) is 0 Å². The van der Waals surface area contributed by atoms with Gasteiger partial charge in [-0.2, -0.15) is 0 Å². The number of hydrogen-bond donors (Lipinski definition) is 0. The molecular formula is C2H3F2NaO3. The number of rotatable bonds is 1. The number of aliphatic carboxylic acids is 1. The third kappa shape index (κ3) is 9.56. The molecule has 0 aliphatic rings. The van der Waals surface area contributed by atoms with E-state index in [9.17, 15) is 8.78 Å². The van der Waals surface area contributed by atoms with E-state index < -0.39 is 12.4 Å². The first kappa shape index (κ1) is 15.7. The molecule has 44 valence electrons. The SMILES string of the molecule is O.O=C([O-])C(F)F.[Na+]. The summed E-state index contributed by atoms with van der Waals surface area (Å²) in [6.45, 7) is 0. The van der Waals surface area contributed by atoms with Gasteiger partial charge in [0, 0.05) is 0 Å². The zero-order chi connectivity index (χ0) is 5.15. The number of hydrogen-bond acceptors (Lipinski definition) is 2. The van der Waals surface area contributed by atoms with E-state index >= 15 is 0 Å². The van der Waals surface area contributed by atoms with Gasteiger partial charge in [-0.05, 0) is 0 Å². The minimum Gasteiger partial charge on any atom is -0.544 e. The second-order valence-corrected chi connectivity index (χ2v) is 0.620. The second kappa shape index (κ2) is 7.29. The Hall–Kier alpha value is 0.290. The molecule has 0 saturated carbocycles. The summed E-state index contributed by atoms with van der Waals surface area (Å²) in [4.78, 5) is 8.84. The Bertz CT molecular complexity index is 66.3. The standard InChI is InChI=1S/C2H2F2O2.Na.H2O/c3-1(4)2(5)6;;/h1H,(H,5,6);;1H2/q;+1;/p-1. The molecule has 6 heteroatoms. The number of carboxylic acid groups (broad SMARTS) is 1. The summed E-state index contributed by atoms with van der Waals surface area (Å²) in [7, 11) is 0. The van der Waals surface area contributed by atoms with Crippen LogP contribution in [0.15, 0.2) is 0 Å². The normalized spacial score (nSPS) is 6.88. The smallest absolute Gasteiger partial charge is 0.544 e. The van der Waals surface area contributed by atoms with E-state index in [2.05, 4.69) is 0 Å². The van der Waals surface area contributed by atoms with E-state index in [1.165, 1.54) is 0 Å². The maximum Gasteiger partial charge on any atom is 1.00 e. The third-order valence-corrected chi connectivity index (χ3v) is 0.178. The van der Waals surface area contributed by atoms with Crippen LogP contribution in [0.1, 0.15) is 0 Å². The van der Waals surface area contributed by atoms with Gasteiger partial charge in [-0.1, -0.05) is 0 Å². The molecule has 0 saturated heterocycles. The molecule has 0 radical (unpaired) electrons. The molecule has 0 aromatic rings. The molecule has 0 aliphatic carbocycles. The quantitative estimate of drug-likeness (QED) is 0.339. The summed E-state index contributed by atoms with van der Waals surface area (Å²) in [5, 5.41) is 8.84. The molecule has 0 aromatic heterocycles. The van der Waals surface area contributed by atoms with Crippen molar-refractivity contribution >= 4 is 5.97 Å². The molecule has 0 fully saturated rings. The first-order chi connectivity index (χ1) is 2.64. The summed E-state index contributed by atoms with van der Waals surface area (Å²) in [6.07, 6.45) is -3.34. The first-order valence-corrected chi connectivity index (χ1v) is 1.13. The predicted molar refractivity (Wildman–Crippen MR) is 14.6 cm³/mol. The zero-order valence-electron chi connectivity index (χ0n) is 4.15. The van der Waals surface area contributed by atoms with Gasteiger partial charge in [-0.25, -0.2) is 8.78 Å². The van der Waals surface area contributed by atoms with Crippen molar-refractivity contribution in [3.05, 3.63) is 0 Å². The number of carboxylic acids is 1. The molecule has 3 nitrogen and oxygen atoms in total. The minimum absolute atomic E-state index is 0. The van der Waals surface area contributed by atoms with Gasteiger partial charge < -0.3 is 15.4 Å². The van der Waals surface area contributed by atoms with Gasteiger partial charge >= 0.3 is 29.6 Å². The molecule has 0 atom stereocenters. The number of carbonyl (C=O) groups is 1. The molecule has 0 aromatic carbocycles. The van der Waals surface area contributed by atoms with E-state index in [0.29, 0.717) is 0 Å². The Balaban J connectivity index is -0.000000125. The molecule has 0 bridgehead atoms. The van der Waals surface area contributed by atoms with Crippen molar-refractivity contribution in [2.75, 3.05) is 0 Å². The van der Waals surface area contributed by atoms with Crippen LogP contribution in [0.25, 0.3) is 0 Å². The fourth-order valence-electron chi connectivity index (χ4n) is 0. The van der Waals surface area contributed by atoms with Crippen LogP contribution in [0.4, 0.5) is 8.78 Å². The Kier molecular flexibility index (Phi) is 14.3. The molecule has 8 heavy (non-hydrogen) atoms. The molecule has 0 unspecified atom stereocenters. The van der Waals surface area contributed by atoms with Crippen LogP contribution in [0.2, 0.25) is 0 Å². The molecular weight excluding hydrogens is 133 g/mol. The van der Waals surface area contributed by atoms with E-state index in [1.54, 1.807) is 0 Å². The number of halogens is 2. The number of carbonyl (C=O) groups excluding carboxylic acids is 1. The maximum atomic E-state index is 10.5. The average Bonchev–Trinajstić information content (AvgIpc) is 1.36. The molecule has 0 amide bonds. The van der Waals surface area contributed by atoms with Crippen LogP contribution in [0.3, 0.4) is 0 Å². The second-order valence-electron chi connectivity index (χ2n) is 0.620. The summed E-state index contributed by atoms with van der Waals surface area (Å²) in [6, 6.07) is 0. The summed E-state index contributed by atoms with van der Waals surface area (Å²) < 4.78 is 21.0. The van der Waals surface area contributed by atoms with Crippen molar-refractivity contribution in [3.8, 4) is 0 Å². The first-order valence-electron chi connectivity index (χ1n) is 1.13. The Labute approximate surface area is 66.3 Å². The fourth-order valence-corrected chi connectivity index (χ4v) is 0. The molecule has 0 aliphatic heterocycles. The number of alkyl halides is 2. The van der Waals surface area contributed by atoms with Crippen LogP contribution in [-0.4, -0.2) is 17.9 Å². The van der Waals surface area contributed by atoms with E-state index in [1.807, 2.05) is 0 Å². The van der Waals surface area contributed by atoms with Crippen molar-refractivity contribution in [2.45, 2.75) is 6.43 Å². The molecule has 0 spiro atoms. The minimum atomic E-state index is -3.34. The molecule has 0 heterocycles. The van der Waals surface area contributed by atoms with Gasteiger partial charge in [0.25, 0.3) is 6.43 Å². The van der Waals surface area contributed by atoms with E-state index in [4.69, 9.17) is 9.90 Å². The van der Waals surface area contributed by atoms with Gasteiger partial charge in [0.1, 0.15) is 5.97 Å². The van der Waals surface area contributed by atoms with Crippen molar-refractivity contribution < 1.29 is 53.7 Å². The van der Waals surface area contributed by atoms with Gasteiger partial charge in [0.05, 0.1) is 0 Å². The van der Waals surface area contributed by atoms with Gasteiger partial charge in [-0.3, -0.25) is 0 Å². The largest absolute Gasteiger partial charge is 1.00 e. The Morgan fingerprint density at radius 2 is 1.62 bits per heavy atom. The Morgan fingerprint density at radius 1 is 1.50 bits per heavy atom. The monoisotopic (exact) mass is 136 g/mol. The van der Waals surface area contributed by atoms with E-state index in [-0.39, 0.29) is 35.0 Å². The van der Waals surface area contributed by atoms with Crippen LogP contribution >= 0.6 is 0 Å². The zero-order valence-corrected chi connectivity index (χ0v) is 6.15. The van der Waals surface area contributed by atoms with Crippen molar-refractivity contribution in [3.63, 3.8) is 0 Å². The van der Waals surface area contributed by atoms with Crippen LogP contribution in [-0.2, 0) is 4.79 Å². The predicted octanol–water partition coefficient (Wildman–Crippen LogP) is -4.82. The Morgan fingerprint density at radius 3 is 1.62 bits per heavy atom. The van der Waals surface area contributed by atoms with Crippen molar-refractivity contribution in [1.82, 2.24) is 0 Å². The van der Waals surface area contributed by atoms with Crippen LogP contribution in [0, 0.1) is 0 Å². The summed E-state index contributed by atoms with van der Waals surface area (Å²) in [5.74, 6) is -2.32. The van der Waals surface area contributed by atoms with Gasteiger partial charge in [0.2, 0.25) is 0 Å². The summed E-state index contributed by atoms with van der Waals surface area (Å²) in [5.41, 5.74) is 0. The molecule has 2 N–H and O–H groups in total. The third-order valence-electron chi connectivity index (χ3n) is 0.178. The van der Waals surface area contributed by atoms with Gasteiger partial charge in [-0.15, -0.1) is 0 Å². The average molecular weight is 136 g/mol.